The fraction of sp³-hybridized carbons (Fsp3) is 0.176. The second kappa shape index (κ2) is 4.74. The molecule has 1 aliphatic carbocycles. The number of nitrogens with one attached hydrogen (secondary N) is 1. The number of rotatable bonds is 2. The Morgan fingerprint density at radius 3 is 2.33 bits per heavy atom. The molecule has 4 nitrogen and oxygen atoms in total. The first-order chi connectivity index (χ1) is 10.3. The van der Waals surface area contributed by atoms with Gasteiger partial charge in [0, 0.05) is 11.4 Å². The van der Waals surface area contributed by atoms with Crippen LogP contribution in [0.1, 0.15) is 11.1 Å². The molecule has 0 bridgehead atoms. The van der Waals surface area contributed by atoms with E-state index in [-0.39, 0.29) is 0 Å². The zero-order valence-electron chi connectivity index (χ0n) is 11.6. The van der Waals surface area contributed by atoms with Gasteiger partial charge < -0.3 is 11.1 Å². The Labute approximate surface area is 123 Å². The van der Waals surface area contributed by atoms with Crippen molar-refractivity contribution < 1.29 is 0 Å². The van der Waals surface area contributed by atoms with Crippen LogP contribution in [0.25, 0.3) is 10.9 Å². The molecule has 0 spiro atoms. The van der Waals surface area contributed by atoms with Crippen LogP contribution >= 0.6 is 0 Å². The lowest BCUT2D eigenvalue weighted by Gasteiger charge is -2.13. The number of anilines is 2. The number of para-hydroxylation sites is 1. The van der Waals surface area contributed by atoms with Crippen LogP contribution in [-0.2, 0) is 12.8 Å². The fourth-order valence-electron chi connectivity index (χ4n) is 3.01. The van der Waals surface area contributed by atoms with Gasteiger partial charge >= 0.3 is 0 Å². The number of benzene rings is 2. The third-order valence-electron chi connectivity index (χ3n) is 4.02. The van der Waals surface area contributed by atoms with E-state index in [9.17, 15) is 0 Å². The highest BCUT2D eigenvalue weighted by atomic mass is 15.1. The highest BCUT2D eigenvalue weighted by Crippen LogP contribution is 2.25. The average molecular weight is 276 g/mol. The SMILES string of the molecule is Nc1nc(NC2Cc3ccccc3C2)nc2ccccc12. The van der Waals surface area contributed by atoms with Crippen molar-refractivity contribution in [1.29, 1.82) is 0 Å². The Morgan fingerprint density at radius 2 is 1.57 bits per heavy atom. The molecule has 1 aromatic heterocycles. The molecule has 1 heterocycles. The van der Waals surface area contributed by atoms with Gasteiger partial charge in [-0.25, -0.2) is 4.98 Å². The fourth-order valence-corrected chi connectivity index (χ4v) is 3.01. The van der Waals surface area contributed by atoms with Crippen LogP contribution in [0, 0.1) is 0 Å². The maximum Gasteiger partial charge on any atom is 0.225 e. The number of hydrogen-bond acceptors (Lipinski definition) is 4. The minimum absolute atomic E-state index is 0.336. The maximum atomic E-state index is 6.02. The van der Waals surface area contributed by atoms with Gasteiger partial charge in [0.25, 0.3) is 0 Å². The average Bonchev–Trinajstić information content (AvgIpc) is 2.89. The van der Waals surface area contributed by atoms with Crippen molar-refractivity contribution >= 4 is 22.7 Å². The monoisotopic (exact) mass is 276 g/mol. The van der Waals surface area contributed by atoms with Crippen LogP contribution in [0.4, 0.5) is 11.8 Å². The van der Waals surface area contributed by atoms with E-state index >= 15 is 0 Å². The summed E-state index contributed by atoms with van der Waals surface area (Å²) < 4.78 is 0. The van der Waals surface area contributed by atoms with Crippen LogP contribution in [0.2, 0.25) is 0 Å². The van der Waals surface area contributed by atoms with Crippen molar-refractivity contribution in [2.45, 2.75) is 18.9 Å². The molecule has 0 fully saturated rings. The molecule has 0 aliphatic heterocycles. The molecule has 0 saturated heterocycles. The first-order valence-corrected chi connectivity index (χ1v) is 7.15. The third-order valence-corrected chi connectivity index (χ3v) is 4.02. The summed E-state index contributed by atoms with van der Waals surface area (Å²) >= 11 is 0. The quantitative estimate of drug-likeness (QED) is 0.755. The molecular weight excluding hydrogens is 260 g/mol. The first-order valence-electron chi connectivity index (χ1n) is 7.15. The van der Waals surface area contributed by atoms with E-state index in [1.165, 1.54) is 11.1 Å². The van der Waals surface area contributed by atoms with E-state index < -0.39 is 0 Å². The topological polar surface area (TPSA) is 63.8 Å². The minimum Gasteiger partial charge on any atom is -0.383 e. The maximum absolute atomic E-state index is 6.02. The number of nitrogen functional groups attached to an aromatic ring is 1. The molecule has 3 aromatic rings. The van der Waals surface area contributed by atoms with Crippen LogP contribution in [-0.4, -0.2) is 16.0 Å². The molecule has 0 saturated carbocycles. The molecule has 0 unspecified atom stereocenters. The lowest BCUT2D eigenvalue weighted by Crippen LogP contribution is -2.21. The number of nitrogens with two attached hydrogens (primary N) is 1. The Kier molecular flexibility index (Phi) is 2.74. The van der Waals surface area contributed by atoms with Crippen molar-refractivity contribution in [3.8, 4) is 0 Å². The van der Waals surface area contributed by atoms with Crippen LogP contribution in [0.5, 0.6) is 0 Å². The molecule has 0 radical (unpaired) electrons. The predicted octanol–water partition coefficient (Wildman–Crippen LogP) is 2.79. The smallest absolute Gasteiger partial charge is 0.225 e. The van der Waals surface area contributed by atoms with E-state index in [1.54, 1.807) is 0 Å². The van der Waals surface area contributed by atoms with Gasteiger partial charge in [-0.3, -0.25) is 0 Å². The molecule has 21 heavy (non-hydrogen) atoms. The van der Waals surface area contributed by atoms with E-state index in [0.29, 0.717) is 17.8 Å². The van der Waals surface area contributed by atoms with Gasteiger partial charge in [0.15, 0.2) is 0 Å². The third kappa shape index (κ3) is 2.18. The number of fused-ring (bicyclic) bond motifs is 2. The van der Waals surface area contributed by atoms with E-state index in [4.69, 9.17) is 5.73 Å². The standard InChI is InChI=1S/C17H16N4/c18-16-14-7-3-4-8-15(14)20-17(21-16)19-13-9-11-5-1-2-6-12(11)10-13/h1-8,13H,9-10H2,(H3,18,19,20,21). The normalized spacial score (nSPS) is 14.3. The first kappa shape index (κ1) is 12.1. The molecule has 0 amide bonds. The Balaban J connectivity index is 1.61. The van der Waals surface area contributed by atoms with E-state index in [1.807, 2.05) is 24.3 Å². The molecule has 104 valence electrons. The predicted molar refractivity (Wildman–Crippen MR) is 85.2 cm³/mol. The van der Waals surface area contributed by atoms with Gasteiger partial charge in [-0.05, 0) is 36.1 Å². The highest BCUT2D eigenvalue weighted by Gasteiger charge is 2.21. The summed E-state index contributed by atoms with van der Waals surface area (Å²) in [7, 11) is 0. The molecule has 3 N–H and O–H groups in total. The number of nitrogens with zero attached hydrogens (tertiary/aromatic N) is 2. The van der Waals surface area contributed by atoms with Crippen molar-refractivity contribution in [3.05, 3.63) is 59.7 Å². The van der Waals surface area contributed by atoms with Crippen LogP contribution in [0.3, 0.4) is 0 Å². The van der Waals surface area contributed by atoms with Gasteiger partial charge in [0.1, 0.15) is 5.82 Å². The van der Waals surface area contributed by atoms with Gasteiger partial charge in [-0.2, -0.15) is 4.98 Å². The Hall–Kier alpha value is -2.62. The minimum atomic E-state index is 0.336. The molecule has 4 heteroatoms. The zero-order valence-corrected chi connectivity index (χ0v) is 11.6. The summed E-state index contributed by atoms with van der Waals surface area (Å²) in [6.45, 7) is 0. The molecule has 0 atom stereocenters. The summed E-state index contributed by atoms with van der Waals surface area (Å²) in [6, 6.07) is 16.7. The van der Waals surface area contributed by atoms with Gasteiger partial charge in [-0.1, -0.05) is 36.4 Å². The Morgan fingerprint density at radius 1 is 0.905 bits per heavy atom. The largest absolute Gasteiger partial charge is 0.383 e. The van der Waals surface area contributed by atoms with E-state index in [2.05, 4.69) is 39.6 Å². The summed E-state index contributed by atoms with van der Waals surface area (Å²) in [4.78, 5) is 8.94. The molecule has 4 rings (SSSR count). The van der Waals surface area contributed by atoms with Crippen molar-refractivity contribution in [2.24, 2.45) is 0 Å². The lowest BCUT2D eigenvalue weighted by molar-refractivity contribution is 0.763. The van der Waals surface area contributed by atoms with Crippen LogP contribution in [0.15, 0.2) is 48.5 Å². The van der Waals surface area contributed by atoms with Gasteiger partial charge in [0.05, 0.1) is 5.52 Å². The number of aromatic nitrogens is 2. The Bertz CT molecular complexity index is 788. The summed E-state index contributed by atoms with van der Waals surface area (Å²) in [5.41, 5.74) is 9.71. The molecular formula is C17H16N4. The second-order valence-electron chi connectivity index (χ2n) is 5.47. The second-order valence-corrected chi connectivity index (χ2v) is 5.47. The summed E-state index contributed by atoms with van der Waals surface area (Å²) in [5, 5.41) is 4.32. The van der Waals surface area contributed by atoms with E-state index in [0.717, 1.165) is 23.7 Å². The van der Waals surface area contributed by atoms with Crippen molar-refractivity contribution in [3.63, 3.8) is 0 Å². The van der Waals surface area contributed by atoms with Crippen molar-refractivity contribution in [2.75, 3.05) is 11.1 Å². The van der Waals surface area contributed by atoms with Gasteiger partial charge in [0.2, 0.25) is 5.95 Å². The molecule has 1 aliphatic rings. The zero-order chi connectivity index (χ0) is 14.2. The molecule has 2 aromatic carbocycles. The highest BCUT2D eigenvalue weighted by molar-refractivity contribution is 5.88. The summed E-state index contributed by atoms with van der Waals surface area (Å²) in [6.07, 6.45) is 2.01. The van der Waals surface area contributed by atoms with Crippen molar-refractivity contribution in [1.82, 2.24) is 9.97 Å². The van der Waals surface area contributed by atoms with Gasteiger partial charge in [-0.15, -0.1) is 0 Å². The lowest BCUT2D eigenvalue weighted by atomic mass is 10.1. The number of hydrogen-bond donors (Lipinski definition) is 2. The summed E-state index contributed by atoms with van der Waals surface area (Å²) in [5.74, 6) is 1.14. The van der Waals surface area contributed by atoms with Crippen LogP contribution < -0.4 is 11.1 Å².